The second-order valence-electron chi connectivity index (χ2n) is 8.89. The molecule has 39 heavy (non-hydrogen) atoms. The molecule has 5 unspecified atom stereocenters. The fourth-order valence-electron chi connectivity index (χ4n) is 3.74. The lowest BCUT2D eigenvalue weighted by molar-refractivity contribution is -0.144. The molecule has 2 aromatic rings. The number of rotatable bonds is 15. The maximum Gasteiger partial charge on any atom is 0.326 e. The summed E-state index contributed by atoms with van der Waals surface area (Å²) in [4.78, 5) is 74.7. The first-order valence-electron chi connectivity index (χ1n) is 11.9. The molecule has 15 nitrogen and oxygen atoms in total. The number of aliphatic hydroxyl groups is 1. The van der Waals surface area contributed by atoms with Crippen molar-refractivity contribution in [2.24, 2.45) is 5.73 Å². The number of aliphatic hydroxyl groups excluding tert-OH is 1. The van der Waals surface area contributed by atoms with Crippen LogP contribution in [0.3, 0.4) is 0 Å². The second-order valence-corrected chi connectivity index (χ2v) is 8.89. The fraction of sp³-hybridized carbons (Fsp3) is 0.417. The Morgan fingerprint density at radius 1 is 0.897 bits per heavy atom. The van der Waals surface area contributed by atoms with Gasteiger partial charge in [0, 0.05) is 23.5 Å². The Bertz CT molecular complexity index is 1230. The van der Waals surface area contributed by atoms with Crippen LogP contribution in [-0.4, -0.2) is 91.3 Å². The molecule has 3 amide bonds. The van der Waals surface area contributed by atoms with Gasteiger partial charge in [-0.3, -0.25) is 24.0 Å². The van der Waals surface area contributed by atoms with Gasteiger partial charge in [0.05, 0.1) is 18.6 Å². The van der Waals surface area contributed by atoms with E-state index >= 15 is 0 Å². The van der Waals surface area contributed by atoms with Crippen LogP contribution in [0.1, 0.15) is 31.7 Å². The number of aromatic nitrogens is 1. The third-order valence-corrected chi connectivity index (χ3v) is 5.79. The number of hydrogen-bond donors (Lipinski definition) is 9. The molecule has 15 heteroatoms. The van der Waals surface area contributed by atoms with Crippen molar-refractivity contribution in [3.05, 3.63) is 36.0 Å². The van der Waals surface area contributed by atoms with Gasteiger partial charge in [-0.05, 0) is 31.4 Å². The number of para-hydroxylation sites is 1. The van der Waals surface area contributed by atoms with Gasteiger partial charge >= 0.3 is 17.9 Å². The van der Waals surface area contributed by atoms with Crippen LogP contribution >= 0.6 is 0 Å². The summed E-state index contributed by atoms with van der Waals surface area (Å²) in [6.45, 7) is 1.17. The summed E-state index contributed by atoms with van der Waals surface area (Å²) in [5.74, 6) is -7.55. The van der Waals surface area contributed by atoms with Crippen molar-refractivity contribution in [1.29, 1.82) is 0 Å². The fourth-order valence-corrected chi connectivity index (χ4v) is 3.74. The quantitative estimate of drug-likeness (QED) is 0.121. The monoisotopic (exact) mass is 549 g/mol. The number of carbonyl (C=O) groups is 6. The second kappa shape index (κ2) is 13.9. The van der Waals surface area contributed by atoms with Gasteiger partial charge in [-0.15, -0.1) is 0 Å². The number of H-pyrrole nitrogens is 1. The highest BCUT2D eigenvalue weighted by Crippen LogP contribution is 2.18. The largest absolute Gasteiger partial charge is 0.481 e. The van der Waals surface area contributed by atoms with Crippen molar-refractivity contribution in [2.45, 2.75) is 62.9 Å². The highest BCUT2D eigenvalue weighted by atomic mass is 16.4. The number of aromatic amines is 1. The van der Waals surface area contributed by atoms with Crippen LogP contribution in [-0.2, 0) is 35.2 Å². The number of nitrogens with two attached hydrogens (primary N) is 1. The normalized spacial score (nSPS) is 14.8. The Kier molecular flexibility index (Phi) is 10.9. The van der Waals surface area contributed by atoms with E-state index in [1.54, 1.807) is 6.20 Å². The summed E-state index contributed by atoms with van der Waals surface area (Å²) in [6, 6.07) is 1.07. The maximum atomic E-state index is 12.9. The molecule has 1 heterocycles. The third-order valence-electron chi connectivity index (χ3n) is 5.79. The van der Waals surface area contributed by atoms with Crippen molar-refractivity contribution in [2.75, 3.05) is 0 Å². The standard InChI is InChI=1S/C24H31N5O10/c1-11(30)20(29-21(35)14(25)8-12-10-26-15-5-3-2-4-13(12)15)23(37)28-17(9-19(33)34)22(36)27-16(24(38)39)6-7-18(31)32/h2-5,10-11,14,16-17,20,26,30H,6-9,25H2,1H3,(H,27,36)(H,28,37)(H,29,35)(H,31,32)(H,33,34)(H,38,39). The SMILES string of the molecule is CC(O)C(NC(=O)C(N)Cc1c[nH]c2ccccc12)C(=O)NC(CC(=O)O)C(=O)NC(CCC(=O)O)C(=O)O. The van der Waals surface area contributed by atoms with Crippen LogP contribution < -0.4 is 21.7 Å². The number of fused-ring (bicyclic) bond motifs is 1. The molecule has 0 saturated carbocycles. The number of carboxylic acid groups (broad SMARTS) is 3. The van der Waals surface area contributed by atoms with Crippen LogP contribution in [0.4, 0.5) is 0 Å². The van der Waals surface area contributed by atoms with Gasteiger partial charge in [0.15, 0.2) is 0 Å². The molecule has 1 aromatic heterocycles. The van der Waals surface area contributed by atoms with Crippen molar-refractivity contribution in [1.82, 2.24) is 20.9 Å². The van der Waals surface area contributed by atoms with Crippen LogP contribution in [0.25, 0.3) is 10.9 Å². The molecule has 0 radical (unpaired) electrons. The average molecular weight is 550 g/mol. The van der Waals surface area contributed by atoms with E-state index in [0.717, 1.165) is 16.5 Å². The van der Waals surface area contributed by atoms with Crippen molar-refractivity contribution >= 4 is 46.5 Å². The smallest absolute Gasteiger partial charge is 0.326 e. The zero-order valence-corrected chi connectivity index (χ0v) is 20.9. The molecule has 5 atom stereocenters. The van der Waals surface area contributed by atoms with Crippen LogP contribution in [0.5, 0.6) is 0 Å². The first kappa shape index (κ1) is 30.7. The number of aliphatic carboxylic acids is 3. The Morgan fingerprint density at radius 2 is 1.54 bits per heavy atom. The summed E-state index contributed by atoms with van der Waals surface area (Å²) >= 11 is 0. The highest BCUT2D eigenvalue weighted by molar-refractivity contribution is 5.96. The lowest BCUT2D eigenvalue weighted by atomic mass is 10.0. The molecule has 1 aromatic carbocycles. The molecule has 0 saturated heterocycles. The molecular weight excluding hydrogens is 518 g/mol. The average Bonchev–Trinajstić information content (AvgIpc) is 3.26. The number of hydrogen-bond acceptors (Lipinski definition) is 8. The molecule has 0 fully saturated rings. The Balaban J connectivity index is 2.10. The molecule has 0 bridgehead atoms. The molecule has 2 rings (SSSR count). The molecular formula is C24H31N5O10. The van der Waals surface area contributed by atoms with Gasteiger partial charge in [0.1, 0.15) is 18.1 Å². The topological polar surface area (TPSA) is 261 Å². The zero-order valence-electron chi connectivity index (χ0n) is 20.9. The van der Waals surface area contributed by atoms with Gasteiger partial charge < -0.3 is 47.1 Å². The van der Waals surface area contributed by atoms with Crippen molar-refractivity contribution in [3.63, 3.8) is 0 Å². The first-order chi connectivity index (χ1) is 18.3. The highest BCUT2D eigenvalue weighted by Gasteiger charge is 2.33. The first-order valence-corrected chi connectivity index (χ1v) is 11.9. The lowest BCUT2D eigenvalue weighted by Gasteiger charge is -2.26. The molecule has 0 aliphatic rings. The van der Waals surface area contributed by atoms with E-state index in [1.807, 2.05) is 29.6 Å². The van der Waals surface area contributed by atoms with Crippen LogP contribution in [0.15, 0.2) is 30.5 Å². The number of benzene rings is 1. The predicted molar refractivity (Wildman–Crippen MR) is 134 cm³/mol. The van der Waals surface area contributed by atoms with E-state index in [4.69, 9.17) is 15.9 Å². The minimum atomic E-state index is -1.81. The van der Waals surface area contributed by atoms with Crippen LogP contribution in [0.2, 0.25) is 0 Å². The van der Waals surface area contributed by atoms with Crippen molar-refractivity contribution in [3.8, 4) is 0 Å². The van der Waals surface area contributed by atoms with E-state index < -0.39 is 85.2 Å². The molecule has 0 aliphatic heterocycles. The number of nitrogens with one attached hydrogen (secondary N) is 4. The Labute approximate surface area is 221 Å². The summed E-state index contributed by atoms with van der Waals surface area (Å²) in [7, 11) is 0. The third kappa shape index (κ3) is 9.08. The van der Waals surface area contributed by atoms with Gasteiger partial charge in [-0.1, -0.05) is 18.2 Å². The number of amides is 3. The molecule has 0 aliphatic carbocycles. The van der Waals surface area contributed by atoms with E-state index in [0.29, 0.717) is 0 Å². The lowest BCUT2D eigenvalue weighted by Crippen LogP contribution is -2.60. The minimum Gasteiger partial charge on any atom is -0.481 e. The van der Waals surface area contributed by atoms with E-state index in [9.17, 15) is 39.0 Å². The van der Waals surface area contributed by atoms with Crippen LogP contribution in [0, 0.1) is 0 Å². The van der Waals surface area contributed by atoms with Gasteiger partial charge in [0.2, 0.25) is 17.7 Å². The zero-order chi connectivity index (χ0) is 29.3. The molecule has 212 valence electrons. The Morgan fingerprint density at radius 3 is 2.13 bits per heavy atom. The summed E-state index contributed by atoms with van der Waals surface area (Å²) in [5, 5.41) is 44.5. The van der Waals surface area contributed by atoms with Crippen molar-refractivity contribution < 1.29 is 49.2 Å². The van der Waals surface area contributed by atoms with Gasteiger partial charge in [-0.2, -0.15) is 0 Å². The number of carboxylic acids is 3. The predicted octanol–water partition coefficient (Wildman–Crippen LogP) is -1.70. The van der Waals surface area contributed by atoms with E-state index in [1.165, 1.54) is 6.92 Å². The summed E-state index contributed by atoms with van der Waals surface area (Å²) < 4.78 is 0. The van der Waals surface area contributed by atoms with Gasteiger partial charge in [0.25, 0.3) is 0 Å². The number of carbonyl (C=O) groups excluding carboxylic acids is 3. The Hall–Kier alpha value is -4.50. The minimum absolute atomic E-state index is 0.0843. The van der Waals surface area contributed by atoms with Gasteiger partial charge in [-0.25, -0.2) is 4.79 Å². The summed E-state index contributed by atoms with van der Waals surface area (Å²) in [6.07, 6.45) is -1.78. The molecule has 0 spiro atoms. The molecule has 10 N–H and O–H groups in total. The summed E-state index contributed by atoms with van der Waals surface area (Å²) in [5.41, 5.74) is 7.59. The maximum absolute atomic E-state index is 12.9. The van der Waals surface area contributed by atoms with E-state index in [2.05, 4.69) is 15.6 Å². The van der Waals surface area contributed by atoms with E-state index in [-0.39, 0.29) is 6.42 Å².